The van der Waals surface area contributed by atoms with Gasteiger partial charge in [0.1, 0.15) is 30.8 Å². The normalized spacial score (nSPS) is 20.2. The van der Waals surface area contributed by atoms with Crippen molar-refractivity contribution in [2.24, 2.45) is 0 Å². The lowest BCUT2D eigenvalue weighted by molar-refractivity contribution is -0.132. The number of amides is 2. The molecular formula is C26H21BrFNO4. The first-order valence-electron chi connectivity index (χ1n) is 10.7. The summed E-state index contributed by atoms with van der Waals surface area (Å²) in [5, 5.41) is 0. The van der Waals surface area contributed by atoms with Gasteiger partial charge in [-0.1, -0.05) is 61.5 Å². The van der Waals surface area contributed by atoms with Gasteiger partial charge in [-0.15, -0.1) is 0 Å². The van der Waals surface area contributed by atoms with E-state index in [2.05, 4.69) is 15.9 Å². The van der Waals surface area contributed by atoms with E-state index in [4.69, 9.17) is 9.47 Å². The molecule has 5 rings (SSSR count). The molecule has 0 bridgehead atoms. The third kappa shape index (κ3) is 3.80. The second-order valence-corrected chi connectivity index (χ2v) is 9.13. The molecule has 2 aliphatic rings. The second-order valence-electron chi connectivity index (χ2n) is 8.27. The third-order valence-electron chi connectivity index (χ3n) is 6.35. The Kier molecular flexibility index (Phi) is 5.66. The number of benzene rings is 3. The lowest BCUT2D eigenvalue weighted by Crippen LogP contribution is -2.43. The van der Waals surface area contributed by atoms with Crippen molar-refractivity contribution in [2.45, 2.75) is 31.4 Å². The summed E-state index contributed by atoms with van der Waals surface area (Å²) in [6.45, 7) is 2.24. The maximum atomic E-state index is 15.3. The number of ether oxygens (including phenoxy) is 2. The number of imide groups is 1. The summed E-state index contributed by atoms with van der Waals surface area (Å²) in [5.74, 6) is -1.68. The third-order valence-corrected chi connectivity index (χ3v) is 6.97. The fourth-order valence-corrected chi connectivity index (χ4v) is 5.15. The van der Waals surface area contributed by atoms with Crippen molar-refractivity contribution < 1.29 is 23.5 Å². The SMILES string of the molecule is CC(c1cc(Br)c(OCc2ccccc2)cc1F)C1C(=O)N2C(=O)OCC2c2ccccc21. The van der Waals surface area contributed by atoms with E-state index in [9.17, 15) is 9.59 Å². The van der Waals surface area contributed by atoms with Crippen LogP contribution in [0.25, 0.3) is 0 Å². The molecule has 0 aliphatic carbocycles. The Morgan fingerprint density at radius 3 is 2.55 bits per heavy atom. The van der Waals surface area contributed by atoms with Gasteiger partial charge in [0.2, 0.25) is 5.91 Å². The molecule has 2 aliphatic heterocycles. The summed E-state index contributed by atoms with van der Waals surface area (Å²) in [6, 6.07) is 19.7. The van der Waals surface area contributed by atoms with Crippen molar-refractivity contribution in [3.63, 3.8) is 0 Å². The maximum Gasteiger partial charge on any atom is 0.417 e. The van der Waals surface area contributed by atoms with Crippen LogP contribution in [-0.4, -0.2) is 23.5 Å². The van der Waals surface area contributed by atoms with Gasteiger partial charge in [0.15, 0.2) is 0 Å². The Labute approximate surface area is 199 Å². The highest BCUT2D eigenvalue weighted by Gasteiger charge is 2.49. The fraction of sp³-hybridized carbons (Fsp3) is 0.231. The molecule has 5 nitrogen and oxygen atoms in total. The average molecular weight is 510 g/mol. The number of halogens is 2. The molecule has 0 saturated carbocycles. The zero-order valence-corrected chi connectivity index (χ0v) is 19.4. The van der Waals surface area contributed by atoms with Crippen LogP contribution in [0.4, 0.5) is 9.18 Å². The highest BCUT2D eigenvalue weighted by molar-refractivity contribution is 9.10. The maximum absolute atomic E-state index is 15.3. The number of carbonyl (C=O) groups excluding carboxylic acids is 2. The van der Waals surface area contributed by atoms with Gasteiger partial charge in [-0.3, -0.25) is 4.79 Å². The van der Waals surface area contributed by atoms with Gasteiger partial charge in [-0.2, -0.15) is 0 Å². The minimum atomic E-state index is -0.708. The van der Waals surface area contributed by atoms with E-state index < -0.39 is 29.8 Å². The van der Waals surface area contributed by atoms with Crippen LogP contribution in [0, 0.1) is 5.82 Å². The summed E-state index contributed by atoms with van der Waals surface area (Å²) in [4.78, 5) is 26.8. The van der Waals surface area contributed by atoms with Crippen LogP contribution in [0.3, 0.4) is 0 Å². The van der Waals surface area contributed by atoms with Crippen LogP contribution >= 0.6 is 15.9 Å². The molecule has 1 fully saturated rings. The summed E-state index contributed by atoms with van der Waals surface area (Å²) >= 11 is 3.49. The molecule has 7 heteroatoms. The highest BCUT2D eigenvalue weighted by atomic mass is 79.9. The Morgan fingerprint density at radius 1 is 1.09 bits per heavy atom. The number of carbonyl (C=O) groups is 2. The van der Waals surface area contributed by atoms with Crippen LogP contribution in [0.2, 0.25) is 0 Å². The number of nitrogens with zero attached hydrogens (tertiary/aromatic N) is 1. The Balaban J connectivity index is 1.47. The first-order chi connectivity index (χ1) is 16.0. The molecule has 0 radical (unpaired) electrons. The minimum Gasteiger partial charge on any atom is -0.488 e. The smallest absolute Gasteiger partial charge is 0.417 e. The second kappa shape index (κ2) is 8.63. The molecule has 0 N–H and O–H groups in total. The average Bonchev–Trinajstić information content (AvgIpc) is 3.22. The predicted octanol–water partition coefficient (Wildman–Crippen LogP) is 6.09. The molecule has 1 saturated heterocycles. The van der Waals surface area contributed by atoms with E-state index in [0.29, 0.717) is 22.4 Å². The molecule has 0 aromatic heterocycles. The number of rotatable bonds is 5. The first kappa shape index (κ1) is 21.6. The van der Waals surface area contributed by atoms with E-state index in [1.54, 1.807) is 13.0 Å². The molecular weight excluding hydrogens is 489 g/mol. The van der Waals surface area contributed by atoms with Crippen molar-refractivity contribution >= 4 is 27.9 Å². The monoisotopic (exact) mass is 509 g/mol. The molecule has 3 atom stereocenters. The number of fused-ring (bicyclic) bond motifs is 3. The molecule has 2 amide bonds. The van der Waals surface area contributed by atoms with E-state index in [0.717, 1.165) is 16.7 Å². The zero-order chi connectivity index (χ0) is 23.1. The highest BCUT2D eigenvalue weighted by Crippen LogP contribution is 2.47. The van der Waals surface area contributed by atoms with Gasteiger partial charge >= 0.3 is 6.09 Å². The predicted molar refractivity (Wildman–Crippen MR) is 123 cm³/mol. The molecule has 3 aromatic rings. The molecule has 3 unspecified atom stereocenters. The standard InChI is InChI=1S/C26H21BrFNO4/c1-15(19-11-20(27)23(12-21(19)28)32-13-16-7-3-2-4-8-16)24-18-10-6-5-9-17(18)22-14-33-26(31)29(22)25(24)30/h2-12,15,22,24H,13-14H2,1H3. The van der Waals surface area contributed by atoms with Crippen molar-refractivity contribution in [1.29, 1.82) is 0 Å². The number of hydrogen-bond donors (Lipinski definition) is 0. The summed E-state index contributed by atoms with van der Waals surface area (Å²) in [5.41, 5.74) is 3.00. The Morgan fingerprint density at radius 2 is 1.79 bits per heavy atom. The van der Waals surface area contributed by atoms with Crippen LogP contribution in [0.15, 0.2) is 71.2 Å². The van der Waals surface area contributed by atoms with Gasteiger partial charge in [-0.25, -0.2) is 14.1 Å². The van der Waals surface area contributed by atoms with Gasteiger partial charge < -0.3 is 9.47 Å². The van der Waals surface area contributed by atoms with E-state index in [1.807, 2.05) is 54.6 Å². The quantitative estimate of drug-likeness (QED) is 0.417. The Bertz CT molecular complexity index is 1230. The van der Waals surface area contributed by atoms with E-state index in [1.165, 1.54) is 11.0 Å². The van der Waals surface area contributed by atoms with Crippen LogP contribution in [0.5, 0.6) is 5.75 Å². The molecule has 168 valence electrons. The van der Waals surface area contributed by atoms with Crippen LogP contribution in [-0.2, 0) is 16.1 Å². The van der Waals surface area contributed by atoms with Gasteiger partial charge in [0.25, 0.3) is 0 Å². The summed E-state index contributed by atoms with van der Waals surface area (Å²) in [6.07, 6.45) is -0.650. The van der Waals surface area contributed by atoms with Crippen LogP contribution < -0.4 is 4.74 Å². The molecule has 0 spiro atoms. The van der Waals surface area contributed by atoms with Gasteiger partial charge in [0, 0.05) is 6.07 Å². The van der Waals surface area contributed by atoms with Crippen molar-refractivity contribution in [3.05, 3.63) is 99.3 Å². The van der Waals surface area contributed by atoms with Gasteiger partial charge in [-0.05, 0) is 50.2 Å². The molecule has 2 heterocycles. The minimum absolute atomic E-state index is 0.135. The lowest BCUT2D eigenvalue weighted by atomic mass is 9.76. The van der Waals surface area contributed by atoms with Crippen molar-refractivity contribution in [1.82, 2.24) is 4.90 Å². The topological polar surface area (TPSA) is 55.8 Å². The lowest BCUT2D eigenvalue weighted by Gasteiger charge is -2.36. The van der Waals surface area contributed by atoms with E-state index >= 15 is 4.39 Å². The molecule has 3 aromatic carbocycles. The first-order valence-corrected chi connectivity index (χ1v) is 11.5. The van der Waals surface area contributed by atoms with Crippen molar-refractivity contribution in [3.8, 4) is 5.75 Å². The number of hydrogen-bond acceptors (Lipinski definition) is 4. The summed E-state index contributed by atoms with van der Waals surface area (Å²) in [7, 11) is 0. The Hall–Kier alpha value is -3.19. The fourth-order valence-electron chi connectivity index (χ4n) is 4.68. The van der Waals surface area contributed by atoms with Crippen molar-refractivity contribution in [2.75, 3.05) is 6.61 Å². The van der Waals surface area contributed by atoms with Crippen LogP contribution in [0.1, 0.15) is 47.1 Å². The van der Waals surface area contributed by atoms with E-state index in [-0.39, 0.29) is 12.5 Å². The van der Waals surface area contributed by atoms with Gasteiger partial charge in [0.05, 0.1) is 10.4 Å². The largest absolute Gasteiger partial charge is 0.488 e. The zero-order valence-electron chi connectivity index (χ0n) is 17.8. The molecule has 33 heavy (non-hydrogen) atoms. The summed E-state index contributed by atoms with van der Waals surface area (Å²) < 4.78 is 26.8. The number of cyclic esters (lactones) is 1.